The SMILES string of the molecule is CC(C)CC1(C)CCCCCCCCC1. The Labute approximate surface area is 96.8 Å². The van der Waals surface area contributed by atoms with Gasteiger partial charge in [0.2, 0.25) is 0 Å². The molecule has 0 radical (unpaired) electrons. The molecule has 0 aromatic heterocycles. The molecule has 15 heavy (non-hydrogen) atoms. The van der Waals surface area contributed by atoms with Gasteiger partial charge in [-0.15, -0.1) is 0 Å². The van der Waals surface area contributed by atoms with Crippen molar-refractivity contribution in [2.75, 3.05) is 0 Å². The predicted octanol–water partition coefficient (Wildman–Crippen LogP) is 5.56. The molecule has 0 aromatic rings. The van der Waals surface area contributed by atoms with Gasteiger partial charge in [0.05, 0.1) is 0 Å². The van der Waals surface area contributed by atoms with Gasteiger partial charge >= 0.3 is 0 Å². The minimum atomic E-state index is 0.658. The second kappa shape index (κ2) is 6.55. The van der Waals surface area contributed by atoms with Crippen LogP contribution in [0.2, 0.25) is 0 Å². The Kier molecular flexibility index (Phi) is 5.71. The molecule has 0 spiro atoms. The summed E-state index contributed by atoms with van der Waals surface area (Å²) in [5, 5.41) is 0. The van der Waals surface area contributed by atoms with Crippen molar-refractivity contribution in [3.63, 3.8) is 0 Å². The maximum atomic E-state index is 2.54. The molecule has 0 heterocycles. The quantitative estimate of drug-likeness (QED) is 0.559. The molecule has 1 aliphatic carbocycles. The Bertz CT molecular complexity index is 147. The van der Waals surface area contributed by atoms with Gasteiger partial charge in [-0.05, 0) is 30.6 Å². The van der Waals surface area contributed by atoms with E-state index in [2.05, 4.69) is 20.8 Å². The molecule has 0 N–H and O–H groups in total. The van der Waals surface area contributed by atoms with E-state index in [4.69, 9.17) is 0 Å². The third-order valence-electron chi connectivity index (χ3n) is 3.96. The summed E-state index contributed by atoms with van der Waals surface area (Å²) in [6.45, 7) is 7.29. The molecule has 1 fully saturated rings. The zero-order valence-corrected chi connectivity index (χ0v) is 11.1. The van der Waals surface area contributed by atoms with E-state index in [0.717, 1.165) is 5.92 Å². The Morgan fingerprint density at radius 1 is 0.800 bits per heavy atom. The lowest BCUT2D eigenvalue weighted by Gasteiger charge is -2.32. The molecular formula is C15H30. The van der Waals surface area contributed by atoms with Crippen LogP contribution in [0.1, 0.15) is 85.0 Å². The summed E-state index contributed by atoms with van der Waals surface area (Å²) in [4.78, 5) is 0. The lowest BCUT2D eigenvalue weighted by atomic mass is 9.73. The number of rotatable bonds is 2. The minimum Gasteiger partial charge on any atom is -0.0628 e. The topological polar surface area (TPSA) is 0 Å². The van der Waals surface area contributed by atoms with Crippen LogP contribution >= 0.6 is 0 Å². The van der Waals surface area contributed by atoms with Crippen LogP contribution in [-0.2, 0) is 0 Å². The molecule has 0 amide bonds. The summed E-state index contributed by atoms with van der Waals surface area (Å²) in [5.74, 6) is 0.873. The fraction of sp³-hybridized carbons (Fsp3) is 1.00. The second-order valence-corrected chi connectivity index (χ2v) is 6.38. The highest BCUT2D eigenvalue weighted by molar-refractivity contribution is 4.76. The Morgan fingerprint density at radius 3 is 1.60 bits per heavy atom. The Morgan fingerprint density at radius 2 is 1.20 bits per heavy atom. The predicted molar refractivity (Wildman–Crippen MR) is 69.1 cm³/mol. The van der Waals surface area contributed by atoms with Crippen molar-refractivity contribution in [1.29, 1.82) is 0 Å². The summed E-state index contributed by atoms with van der Waals surface area (Å²) >= 11 is 0. The normalized spacial score (nSPS) is 24.0. The van der Waals surface area contributed by atoms with E-state index < -0.39 is 0 Å². The molecule has 0 heteroatoms. The molecule has 0 saturated heterocycles. The molecule has 0 aromatic carbocycles. The third kappa shape index (κ3) is 5.58. The first-order chi connectivity index (χ1) is 7.12. The van der Waals surface area contributed by atoms with Crippen molar-refractivity contribution in [3.8, 4) is 0 Å². The van der Waals surface area contributed by atoms with E-state index in [-0.39, 0.29) is 0 Å². The van der Waals surface area contributed by atoms with Crippen LogP contribution in [0.4, 0.5) is 0 Å². The van der Waals surface area contributed by atoms with Gasteiger partial charge in [0.15, 0.2) is 0 Å². The molecule has 0 bridgehead atoms. The van der Waals surface area contributed by atoms with Crippen LogP contribution in [0.25, 0.3) is 0 Å². The van der Waals surface area contributed by atoms with Gasteiger partial charge in [0, 0.05) is 0 Å². The fourth-order valence-electron chi connectivity index (χ4n) is 3.30. The van der Waals surface area contributed by atoms with Crippen molar-refractivity contribution in [3.05, 3.63) is 0 Å². The monoisotopic (exact) mass is 210 g/mol. The molecule has 0 aliphatic heterocycles. The van der Waals surface area contributed by atoms with Gasteiger partial charge < -0.3 is 0 Å². The van der Waals surface area contributed by atoms with E-state index in [0.29, 0.717) is 5.41 Å². The van der Waals surface area contributed by atoms with Crippen molar-refractivity contribution < 1.29 is 0 Å². The largest absolute Gasteiger partial charge is 0.0628 e. The summed E-state index contributed by atoms with van der Waals surface area (Å²) in [7, 11) is 0. The number of hydrogen-bond donors (Lipinski definition) is 0. The van der Waals surface area contributed by atoms with E-state index in [9.17, 15) is 0 Å². The summed E-state index contributed by atoms with van der Waals surface area (Å²) in [5.41, 5.74) is 0.658. The Balaban J connectivity index is 2.42. The van der Waals surface area contributed by atoms with Crippen molar-refractivity contribution in [1.82, 2.24) is 0 Å². The second-order valence-electron chi connectivity index (χ2n) is 6.38. The van der Waals surface area contributed by atoms with Crippen LogP contribution in [0, 0.1) is 11.3 Å². The average Bonchev–Trinajstić information content (AvgIpc) is 2.14. The van der Waals surface area contributed by atoms with Crippen LogP contribution in [0.5, 0.6) is 0 Å². The van der Waals surface area contributed by atoms with Crippen molar-refractivity contribution in [2.24, 2.45) is 11.3 Å². The van der Waals surface area contributed by atoms with E-state index in [1.165, 1.54) is 64.2 Å². The summed E-state index contributed by atoms with van der Waals surface area (Å²) in [6, 6.07) is 0. The van der Waals surface area contributed by atoms with Gasteiger partial charge in [-0.3, -0.25) is 0 Å². The van der Waals surface area contributed by atoms with Crippen molar-refractivity contribution >= 4 is 0 Å². The number of hydrogen-bond acceptors (Lipinski definition) is 0. The molecule has 0 atom stereocenters. The van der Waals surface area contributed by atoms with Crippen LogP contribution < -0.4 is 0 Å². The molecule has 0 unspecified atom stereocenters. The lowest BCUT2D eigenvalue weighted by molar-refractivity contribution is 0.198. The smallest absolute Gasteiger partial charge is 0.0323 e. The lowest BCUT2D eigenvalue weighted by Crippen LogP contribution is -2.19. The van der Waals surface area contributed by atoms with Gasteiger partial charge in [0.1, 0.15) is 0 Å². The molecule has 0 nitrogen and oxygen atoms in total. The van der Waals surface area contributed by atoms with Crippen molar-refractivity contribution in [2.45, 2.75) is 85.0 Å². The standard InChI is InChI=1S/C15H30/c1-14(2)13-15(3)11-9-7-5-4-6-8-10-12-15/h14H,4-13H2,1-3H3. The highest BCUT2D eigenvalue weighted by atomic mass is 14.3. The first kappa shape index (κ1) is 13.1. The molecule has 90 valence electrons. The van der Waals surface area contributed by atoms with Crippen LogP contribution in [-0.4, -0.2) is 0 Å². The minimum absolute atomic E-state index is 0.658. The maximum absolute atomic E-state index is 2.54. The third-order valence-corrected chi connectivity index (χ3v) is 3.96. The summed E-state index contributed by atoms with van der Waals surface area (Å²) in [6.07, 6.45) is 14.8. The Hall–Kier alpha value is 0. The van der Waals surface area contributed by atoms with Gasteiger partial charge in [0.25, 0.3) is 0 Å². The van der Waals surface area contributed by atoms with Gasteiger partial charge in [-0.2, -0.15) is 0 Å². The fourth-order valence-corrected chi connectivity index (χ4v) is 3.30. The highest BCUT2D eigenvalue weighted by Crippen LogP contribution is 2.38. The van der Waals surface area contributed by atoms with E-state index in [1.54, 1.807) is 0 Å². The van der Waals surface area contributed by atoms with Crippen LogP contribution in [0.3, 0.4) is 0 Å². The molecule has 1 saturated carbocycles. The first-order valence-electron chi connectivity index (χ1n) is 7.12. The van der Waals surface area contributed by atoms with Gasteiger partial charge in [-0.1, -0.05) is 65.7 Å². The summed E-state index contributed by atoms with van der Waals surface area (Å²) < 4.78 is 0. The van der Waals surface area contributed by atoms with E-state index >= 15 is 0 Å². The highest BCUT2D eigenvalue weighted by Gasteiger charge is 2.24. The molecular weight excluding hydrogens is 180 g/mol. The first-order valence-corrected chi connectivity index (χ1v) is 7.12. The zero-order valence-electron chi connectivity index (χ0n) is 11.1. The zero-order chi connectivity index (χ0) is 11.1. The van der Waals surface area contributed by atoms with E-state index in [1.807, 2.05) is 0 Å². The van der Waals surface area contributed by atoms with Gasteiger partial charge in [-0.25, -0.2) is 0 Å². The maximum Gasteiger partial charge on any atom is -0.0323 e. The average molecular weight is 210 g/mol. The van der Waals surface area contributed by atoms with Crippen LogP contribution in [0.15, 0.2) is 0 Å². The molecule has 1 rings (SSSR count). The molecule has 1 aliphatic rings.